The summed E-state index contributed by atoms with van der Waals surface area (Å²) in [5.41, 5.74) is 1.87. The van der Waals surface area contributed by atoms with Crippen LogP contribution in [0.15, 0.2) is 34.1 Å². The molecule has 112 valence electrons. The first-order valence-corrected chi connectivity index (χ1v) is 8.32. The van der Waals surface area contributed by atoms with Crippen molar-refractivity contribution in [1.29, 1.82) is 0 Å². The van der Waals surface area contributed by atoms with Crippen LogP contribution in [-0.2, 0) is 21.2 Å². The fourth-order valence-electron chi connectivity index (χ4n) is 1.58. The van der Waals surface area contributed by atoms with Crippen molar-refractivity contribution in [2.45, 2.75) is 10.6 Å². The molecule has 0 spiro atoms. The smallest absolute Gasteiger partial charge is 0.358 e. The Balaban J connectivity index is 2.06. The van der Waals surface area contributed by atoms with Crippen molar-refractivity contribution in [3.05, 3.63) is 41.3 Å². The van der Waals surface area contributed by atoms with Crippen molar-refractivity contribution in [2.75, 3.05) is 13.7 Å². The van der Waals surface area contributed by atoms with E-state index in [1.807, 2.05) is 6.07 Å². The van der Waals surface area contributed by atoms with E-state index in [-0.39, 0.29) is 16.4 Å². The number of ether oxygens (including phenoxy) is 1. The van der Waals surface area contributed by atoms with Gasteiger partial charge in [0.1, 0.15) is 0 Å². The molecule has 2 aromatic rings. The molecule has 2 rings (SSSR count). The summed E-state index contributed by atoms with van der Waals surface area (Å²) in [6.45, 7) is 0.178. The van der Waals surface area contributed by atoms with Gasteiger partial charge in [0.05, 0.1) is 12.6 Å². The summed E-state index contributed by atoms with van der Waals surface area (Å²) < 4.78 is 31.1. The van der Waals surface area contributed by atoms with E-state index >= 15 is 0 Å². The van der Waals surface area contributed by atoms with Gasteiger partial charge in [-0.1, -0.05) is 6.07 Å². The highest BCUT2D eigenvalue weighted by atomic mass is 32.2. The highest BCUT2D eigenvalue weighted by Crippen LogP contribution is 2.20. The maximum Gasteiger partial charge on any atom is 0.358 e. The van der Waals surface area contributed by atoms with E-state index in [1.54, 1.807) is 18.3 Å². The number of rotatable bonds is 6. The van der Waals surface area contributed by atoms with Crippen LogP contribution in [0.1, 0.15) is 16.2 Å². The molecule has 0 aliphatic rings. The molecule has 9 heteroatoms. The van der Waals surface area contributed by atoms with Crippen LogP contribution < -0.4 is 4.72 Å². The lowest BCUT2D eigenvalue weighted by Crippen LogP contribution is -2.27. The molecule has 0 aromatic carbocycles. The maximum absolute atomic E-state index is 12.2. The molecular formula is C12H13N3O4S2. The summed E-state index contributed by atoms with van der Waals surface area (Å²) >= 11 is 0.868. The first-order valence-electron chi connectivity index (χ1n) is 5.96. The Morgan fingerprint density at radius 1 is 1.38 bits per heavy atom. The fourth-order valence-corrected chi connectivity index (χ4v) is 3.79. The second kappa shape index (κ2) is 6.74. The lowest BCUT2D eigenvalue weighted by Gasteiger charge is -2.05. The Kier molecular flexibility index (Phi) is 4.99. The number of methoxy groups -OCH3 is 1. The summed E-state index contributed by atoms with van der Waals surface area (Å²) in [6, 6.07) is 5.42. The number of nitrogens with zero attached hydrogens (tertiary/aromatic N) is 2. The number of hydrogen-bond donors (Lipinski definition) is 1. The van der Waals surface area contributed by atoms with E-state index in [2.05, 4.69) is 19.4 Å². The molecular weight excluding hydrogens is 314 g/mol. The molecule has 0 atom stereocenters. The van der Waals surface area contributed by atoms with E-state index in [1.165, 1.54) is 12.6 Å². The van der Waals surface area contributed by atoms with E-state index < -0.39 is 16.0 Å². The standard InChI is InChI=1S/C12H13N3O4S2/c1-19-11(16)10-12(20-8-14-10)21(17,18)15-7-5-9-4-2-3-6-13-9/h2-4,6,8,15H,5,7H2,1H3. The minimum absolute atomic E-state index is 0.143. The largest absolute Gasteiger partial charge is 0.464 e. The Labute approximate surface area is 126 Å². The fraction of sp³-hybridized carbons (Fsp3) is 0.250. The Morgan fingerprint density at radius 3 is 2.86 bits per heavy atom. The molecule has 0 unspecified atom stereocenters. The summed E-state index contributed by atoms with van der Waals surface area (Å²) in [4.78, 5) is 19.3. The van der Waals surface area contributed by atoms with E-state index in [0.717, 1.165) is 17.0 Å². The quantitative estimate of drug-likeness (QED) is 0.790. The number of aromatic nitrogens is 2. The van der Waals surface area contributed by atoms with Gasteiger partial charge >= 0.3 is 5.97 Å². The van der Waals surface area contributed by atoms with Gasteiger partial charge in [-0.25, -0.2) is 22.9 Å². The van der Waals surface area contributed by atoms with Crippen molar-refractivity contribution in [1.82, 2.24) is 14.7 Å². The zero-order valence-electron chi connectivity index (χ0n) is 11.1. The molecule has 7 nitrogen and oxygen atoms in total. The second-order valence-electron chi connectivity index (χ2n) is 3.95. The first kappa shape index (κ1) is 15.5. The Bertz CT molecular complexity index is 713. The third-order valence-electron chi connectivity index (χ3n) is 2.56. The predicted molar refractivity (Wildman–Crippen MR) is 76.6 cm³/mol. The minimum Gasteiger partial charge on any atom is -0.464 e. The van der Waals surface area contributed by atoms with Gasteiger partial charge in [-0.2, -0.15) is 0 Å². The molecule has 0 saturated heterocycles. The van der Waals surface area contributed by atoms with Gasteiger partial charge in [-0.3, -0.25) is 4.98 Å². The number of pyridine rings is 1. The minimum atomic E-state index is -3.80. The molecule has 0 radical (unpaired) electrons. The van der Waals surface area contributed by atoms with Crippen molar-refractivity contribution in [2.24, 2.45) is 0 Å². The van der Waals surface area contributed by atoms with Crippen LogP contribution in [0.4, 0.5) is 0 Å². The number of carbonyl (C=O) groups is 1. The van der Waals surface area contributed by atoms with Gasteiger partial charge in [-0.05, 0) is 12.1 Å². The third kappa shape index (κ3) is 3.84. The maximum atomic E-state index is 12.2. The Morgan fingerprint density at radius 2 is 2.19 bits per heavy atom. The molecule has 1 N–H and O–H groups in total. The van der Waals surface area contributed by atoms with E-state index in [0.29, 0.717) is 6.42 Å². The lowest BCUT2D eigenvalue weighted by molar-refractivity contribution is 0.0590. The Hall–Kier alpha value is -1.84. The molecule has 0 aliphatic heterocycles. The predicted octanol–water partition coefficient (Wildman–Crippen LogP) is 0.846. The van der Waals surface area contributed by atoms with Crippen LogP contribution >= 0.6 is 11.3 Å². The van der Waals surface area contributed by atoms with Gasteiger partial charge in [0, 0.05) is 24.9 Å². The van der Waals surface area contributed by atoms with Crippen LogP contribution in [-0.4, -0.2) is 38.0 Å². The van der Waals surface area contributed by atoms with Gasteiger partial charge < -0.3 is 4.74 Å². The van der Waals surface area contributed by atoms with Crippen LogP contribution in [0.3, 0.4) is 0 Å². The van der Waals surface area contributed by atoms with Crippen LogP contribution in [0.2, 0.25) is 0 Å². The zero-order chi connectivity index (χ0) is 15.3. The molecule has 2 heterocycles. The molecule has 0 saturated carbocycles. The molecule has 0 aliphatic carbocycles. The van der Waals surface area contributed by atoms with Crippen molar-refractivity contribution in [3.63, 3.8) is 0 Å². The highest BCUT2D eigenvalue weighted by molar-refractivity contribution is 7.91. The van der Waals surface area contributed by atoms with Gasteiger partial charge in [-0.15, -0.1) is 11.3 Å². The lowest BCUT2D eigenvalue weighted by atomic mass is 10.3. The SMILES string of the molecule is COC(=O)c1ncsc1S(=O)(=O)NCCc1ccccn1. The first-order chi connectivity index (χ1) is 10.0. The summed E-state index contributed by atoms with van der Waals surface area (Å²) in [6.07, 6.45) is 2.09. The number of hydrogen-bond acceptors (Lipinski definition) is 7. The van der Waals surface area contributed by atoms with Crippen LogP contribution in [0.25, 0.3) is 0 Å². The number of carbonyl (C=O) groups excluding carboxylic acids is 1. The topological polar surface area (TPSA) is 98.2 Å². The summed E-state index contributed by atoms with van der Waals surface area (Å²) in [5.74, 6) is -0.777. The second-order valence-corrected chi connectivity index (χ2v) is 6.77. The number of nitrogens with one attached hydrogen (secondary N) is 1. The zero-order valence-corrected chi connectivity index (χ0v) is 12.8. The molecule has 0 fully saturated rings. The van der Waals surface area contributed by atoms with Crippen LogP contribution in [0.5, 0.6) is 0 Å². The average Bonchev–Trinajstić information content (AvgIpc) is 2.98. The van der Waals surface area contributed by atoms with Crippen LogP contribution in [0, 0.1) is 0 Å². The van der Waals surface area contributed by atoms with Crippen molar-refractivity contribution in [3.8, 4) is 0 Å². The van der Waals surface area contributed by atoms with E-state index in [9.17, 15) is 13.2 Å². The third-order valence-corrected chi connectivity index (χ3v) is 5.39. The van der Waals surface area contributed by atoms with Crippen molar-refractivity contribution < 1.29 is 17.9 Å². The summed E-state index contributed by atoms with van der Waals surface area (Å²) in [5, 5.41) is 0. The molecule has 0 bridgehead atoms. The van der Waals surface area contributed by atoms with Gasteiger partial charge in [0.2, 0.25) is 0 Å². The number of sulfonamides is 1. The average molecular weight is 327 g/mol. The molecule has 2 aromatic heterocycles. The molecule has 21 heavy (non-hydrogen) atoms. The van der Waals surface area contributed by atoms with E-state index in [4.69, 9.17) is 0 Å². The molecule has 0 amide bonds. The van der Waals surface area contributed by atoms with Gasteiger partial charge in [0.15, 0.2) is 9.90 Å². The number of thiazole rings is 1. The monoisotopic (exact) mass is 327 g/mol. The normalized spacial score (nSPS) is 11.3. The highest BCUT2D eigenvalue weighted by Gasteiger charge is 2.26. The number of esters is 1. The summed E-state index contributed by atoms with van der Waals surface area (Å²) in [7, 11) is -2.62. The van der Waals surface area contributed by atoms with Gasteiger partial charge in [0.25, 0.3) is 10.0 Å². The van der Waals surface area contributed by atoms with Crippen molar-refractivity contribution >= 4 is 27.3 Å².